The van der Waals surface area contributed by atoms with Gasteiger partial charge in [0.05, 0.1) is 16.1 Å². The van der Waals surface area contributed by atoms with Crippen molar-refractivity contribution in [2.45, 2.75) is 4.90 Å². The number of aromatic nitrogens is 3. The number of piperazine rings is 1. The van der Waals surface area contributed by atoms with Crippen molar-refractivity contribution in [1.82, 2.24) is 20.1 Å². The van der Waals surface area contributed by atoms with Gasteiger partial charge in [-0.05, 0) is 54.6 Å². The number of carboxylic acids is 1. The predicted octanol–water partition coefficient (Wildman–Crippen LogP) is 3.42. The smallest absolute Gasteiger partial charge is 0.324 e. The lowest BCUT2D eigenvalue weighted by molar-refractivity contribution is -0.135. The standard InChI is InChI=1S/C24H22Cl2N6O4S/c25-17-12-18(26)14-20(13-17)37(35,36)32(15-24(33)34)19-1-2-21-16(11-19)5-8-31(21)23-4-3-22(28-29-23)30-9-6-27-7-10-30/h1-5,8,11-14,27H,6-7,9-10,15H2,(H,33,34). The van der Waals surface area contributed by atoms with Crippen LogP contribution in [-0.2, 0) is 14.8 Å². The molecule has 13 heteroatoms. The Morgan fingerprint density at radius 3 is 2.30 bits per heavy atom. The number of fused-ring (bicyclic) bond motifs is 1. The molecule has 1 aliphatic heterocycles. The largest absolute Gasteiger partial charge is 0.480 e. The molecule has 1 aliphatic rings. The Labute approximate surface area is 223 Å². The second kappa shape index (κ2) is 10.2. The fourth-order valence-corrected chi connectivity index (χ4v) is 6.37. The summed E-state index contributed by atoms with van der Waals surface area (Å²) in [6, 6.07) is 14.3. The maximum Gasteiger partial charge on any atom is 0.324 e. The second-order valence-corrected chi connectivity index (χ2v) is 11.2. The van der Waals surface area contributed by atoms with E-state index in [1.165, 1.54) is 18.2 Å². The van der Waals surface area contributed by atoms with Gasteiger partial charge in [-0.3, -0.25) is 13.7 Å². The third kappa shape index (κ3) is 5.21. The van der Waals surface area contributed by atoms with Gasteiger partial charge in [0, 0.05) is 47.8 Å². The molecule has 2 aromatic carbocycles. The van der Waals surface area contributed by atoms with Crippen LogP contribution < -0.4 is 14.5 Å². The Kier molecular flexibility index (Phi) is 6.95. The van der Waals surface area contributed by atoms with Crippen LogP contribution in [0.3, 0.4) is 0 Å². The van der Waals surface area contributed by atoms with Crippen molar-refractivity contribution in [3.05, 3.63) is 70.8 Å². The summed E-state index contributed by atoms with van der Waals surface area (Å²) in [6.45, 7) is 2.73. The normalized spacial score (nSPS) is 14.2. The SMILES string of the molecule is O=C(O)CN(c1ccc2c(ccn2-c2ccc(N3CCNCC3)nn2)c1)S(=O)(=O)c1cc(Cl)cc(Cl)c1. The number of aliphatic carboxylic acids is 1. The van der Waals surface area contributed by atoms with E-state index in [4.69, 9.17) is 23.2 Å². The Balaban J connectivity index is 1.49. The van der Waals surface area contributed by atoms with Gasteiger partial charge in [0.25, 0.3) is 10.0 Å². The number of halogens is 2. The molecule has 1 fully saturated rings. The molecule has 3 heterocycles. The number of carbonyl (C=O) groups is 1. The molecule has 5 rings (SSSR count). The lowest BCUT2D eigenvalue weighted by Gasteiger charge is -2.27. The topological polar surface area (TPSA) is 121 Å². The van der Waals surface area contributed by atoms with Crippen LogP contribution in [0.1, 0.15) is 0 Å². The molecule has 192 valence electrons. The van der Waals surface area contributed by atoms with Crippen LogP contribution in [0.4, 0.5) is 11.5 Å². The molecule has 10 nitrogen and oxygen atoms in total. The lowest BCUT2D eigenvalue weighted by atomic mass is 10.2. The number of sulfonamides is 1. The lowest BCUT2D eigenvalue weighted by Crippen LogP contribution is -2.43. The molecule has 0 unspecified atom stereocenters. The minimum absolute atomic E-state index is 0.123. The average Bonchev–Trinajstić information content (AvgIpc) is 3.30. The number of hydrogen-bond acceptors (Lipinski definition) is 7. The van der Waals surface area contributed by atoms with Crippen molar-refractivity contribution in [2.24, 2.45) is 0 Å². The van der Waals surface area contributed by atoms with Crippen LogP contribution in [0.25, 0.3) is 16.7 Å². The maximum atomic E-state index is 13.4. The summed E-state index contributed by atoms with van der Waals surface area (Å²) in [4.78, 5) is 13.6. The number of anilines is 2. The fraction of sp³-hybridized carbons (Fsp3) is 0.208. The zero-order valence-corrected chi connectivity index (χ0v) is 21.7. The first kappa shape index (κ1) is 25.3. The van der Waals surface area contributed by atoms with Gasteiger partial charge < -0.3 is 15.3 Å². The summed E-state index contributed by atoms with van der Waals surface area (Å²) in [5.41, 5.74) is 0.940. The van der Waals surface area contributed by atoms with Crippen molar-refractivity contribution in [3.63, 3.8) is 0 Å². The summed E-state index contributed by atoms with van der Waals surface area (Å²) in [5.74, 6) is 0.0964. The van der Waals surface area contributed by atoms with Crippen LogP contribution >= 0.6 is 23.2 Å². The number of hydrogen-bond donors (Lipinski definition) is 2. The van der Waals surface area contributed by atoms with Gasteiger partial charge in [0.15, 0.2) is 11.6 Å². The van der Waals surface area contributed by atoms with Crippen LogP contribution in [-0.4, -0.2) is 67.0 Å². The van der Waals surface area contributed by atoms with Gasteiger partial charge in [-0.1, -0.05) is 23.2 Å². The van der Waals surface area contributed by atoms with E-state index < -0.39 is 22.5 Å². The molecule has 2 aromatic heterocycles. The first-order valence-corrected chi connectivity index (χ1v) is 13.5. The van der Waals surface area contributed by atoms with E-state index in [0.29, 0.717) is 11.2 Å². The Morgan fingerprint density at radius 1 is 0.973 bits per heavy atom. The molecular weight excluding hydrogens is 539 g/mol. The highest BCUT2D eigenvalue weighted by Crippen LogP contribution is 2.31. The van der Waals surface area contributed by atoms with Gasteiger partial charge in [-0.2, -0.15) is 0 Å². The summed E-state index contributed by atoms with van der Waals surface area (Å²) >= 11 is 12.0. The molecule has 0 bridgehead atoms. The van der Waals surface area contributed by atoms with Gasteiger partial charge in [-0.25, -0.2) is 8.42 Å². The molecule has 2 N–H and O–H groups in total. The van der Waals surface area contributed by atoms with E-state index in [2.05, 4.69) is 20.4 Å². The molecule has 0 aliphatic carbocycles. The Bertz CT molecular complexity index is 1550. The molecule has 0 saturated carbocycles. The first-order chi connectivity index (χ1) is 17.7. The van der Waals surface area contributed by atoms with Gasteiger partial charge in [-0.15, -0.1) is 10.2 Å². The number of carboxylic acid groups (broad SMARTS) is 1. The van der Waals surface area contributed by atoms with E-state index >= 15 is 0 Å². The third-order valence-electron chi connectivity index (χ3n) is 5.99. The molecule has 0 atom stereocenters. The third-order valence-corrected chi connectivity index (χ3v) is 8.18. The van der Waals surface area contributed by atoms with Crippen molar-refractivity contribution in [1.29, 1.82) is 0 Å². The van der Waals surface area contributed by atoms with Crippen molar-refractivity contribution in [3.8, 4) is 5.82 Å². The predicted molar refractivity (Wildman–Crippen MR) is 143 cm³/mol. The Hall–Kier alpha value is -3.38. The van der Waals surface area contributed by atoms with E-state index in [-0.39, 0.29) is 20.6 Å². The van der Waals surface area contributed by atoms with Crippen LogP contribution in [0.15, 0.2) is 65.7 Å². The van der Waals surface area contributed by atoms with Crippen molar-refractivity contribution >= 4 is 61.6 Å². The summed E-state index contributed by atoms with van der Waals surface area (Å²) in [6.07, 6.45) is 1.80. The number of benzene rings is 2. The van der Waals surface area contributed by atoms with Gasteiger partial charge in [0.2, 0.25) is 0 Å². The van der Waals surface area contributed by atoms with Crippen molar-refractivity contribution in [2.75, 3.05) is 41.9 Å². The molecule has 37 heavy (non-hydrogen) atoms. The monoisotopic (exact) mass is 560 g/mol. The molecular formula is C24H22Cl2N6O4S. The molecule has 1 saturated heterocycles. The number of nitrogens with one attached hydrogen (secondary N) is 1. The van der Waals surface area contributed by atoms with Crippen LogP contribution in [0.5, 0.6) is 0 Å². The highest BCUT2D eigenvalue weighted by atomic mass is 35.5. The summed E-state index contributed by atoms with van der Waals surface area (Å²) < 4.78 is 29.5. The van der Waals surface area contributed by atoms with E-state index in [1.54, 1.807) is 30.5 Å². The second-order valence-electron chi connectivity index (χ2n) is 8.43. The Morgan fingerprint density at radius 2 is 1.65 bits per heavy atom. The minimum atomic E-state index is -4.28. The molecule has 0 spiro atoms. The highest BCUT2D eigenvalue weighted by Gasteiger charge is 2.28. The quantitative estimate of drug-likeness (QED) is 0.352. The summed E-state index contributed by atoms with van der Waals surface area (Å²) in [7, 11) is -4.28. The molecule has 0 radical (unpaired) electrons. The minimum Gasteiger partial charge on any atom is -0.480 e. The van der Waals surface area contributed by atoms with Crippen molar-refractivity contribution < 1.29 is 18.3 Å². The average molecular weight is 561 g/mol. The zero-order chi connectivity index (χ0) is 26.2. The van der Waals surface area contributed by atoms with E-state index in [1.807, 2.05) is 16.7 Å². The van der Waals surface area contributed by atoms with E-state index in [9.17, 15) is 18.3 Å². The van der Waals surface area contributed by atoms with E-state index in [0.717, 1.165) is 41.8 Å². The van der Waals surface area contributed by atoms with Gasteiger partial charge >= 0.3 is 5.97 Å². The first-order valence-electron chi connectivity index (χ1n) is 11.3. The van der Waals surface area contributed by atoms with Crippen LogP contribution in [0.2, 0.25) is 10.0 Å². The number of nitrogens with zero attached hydrogens (tertiary/aromatic N) is 5. The fourth-order valence-electron chi connectivity index (χ4n) is 4.24. The highest BCUT2D eigenvalue weighted by molar-refractivity contribution is 7.92. The molecule has 0 amide bonds. The van der Waals surface area contributed by atoms with Gasteiger partial charge in [0.1, 0.15) is 6.54 Å². The van der Waals surface area contributed by atoms with Crippen LogP contribution in [0, 0.1) is 0 Å². The summed E-state index contributed by atoms with van der Waals surface area (Å²) in [5, 5.41) is 22.5. The maximum absolute atomic E-state index is 13.4. The number of rotatable bonds is 7. The molecule has 4 aromatic rings. The zero-order valence-electron chi connectivity index (χ0n) is 19.4.